The highest BCUT2D eigenvalue weighted by Crippen LogP contribution is 2.46. The number of hydrogen-bond acceptors (Lipinski definition) is 7. The molecule has 1 aliphatic carbocycles. The molecule has 4 aromatic rings. The quantitative estimate of drug-likeness (QED) is 0.140. The highest BCUT2D eigenvalue weighted by atomic mass is 35.5. The molecule has 0 bridgehead atoms. The summed E-state index contributed by atoms with van der Waals surface area (Å²) in [5.41, 5.74) is 1.54. The summed E-state index contributed by atoms with van der Waals surface area (Å²) >= 11 is 6.61. The summed E-state index contributed by atoms with van der Waals surface area (Å²) in [5.74, 6) is 0.390. The Balaban J connectivity index is 1.28. The van der Waals surface area contributed by atoms with Crippen molar-refractivity contribution in [2.75, 3.05) is 50.8 Å². The van der Waals surface area contributed by atoms with Gasteiger partial charge >= 0.3 is 6.01 Å². The highest BCUT2D eigenvalue weighted by Gasteiger charge is 2.49. The fourth-order valence-corrected chi connectivity index (χ4v) is 8.30. The van der Waals surface area contributed by atoms with Crippen molar-refractivity contribution in [3.8, 4) is 22.9 Å². The standard InChI is InChI=1S/C38H37ClF2N6O3/c1-3-31(48)47-17-16-45(21-25(47)19-42-2)36-29-12-11-28(27-7-4-6-23-8-13-30(41)33(39)32(23)27)35(50-26-9-10-26)34(29)43-37(44-36)49-22-38-14-5-15-46(38)20-24(40)18-38/h3-4,6-8,11-13,24-26H,1,5,9-10,14-22H2/t24-,25+,38+/m1/s1. The van der Waals surface area contributed by atoms with E-state index in [1.54, 1.807) is 11.0 Å². The summed E-state index contributed by atoms with van der Waals surface area (Å²) in [7, 11) is 0. The molecule has 0 spiro atoms. The fraction of sp³-hybridized carbons (Fsp3) is 0.421. The first-order chi connectivity index (χ1) is 24.3. The summed E-state index contributed by atoms with van der Waals surface area (Å²) in [6.45, 7) is 14.1. The average molecular weight is 699 g/mol. The minimum atomic E-state index is -0.903. The van der Waals surface area contributed by atoms with E-state index in [2.05, 4.69) is 21.2 Å². The van der Waals surface area contributed by atoms with Crippen molar-refractivity contribution in [3.05, 3.63) is 77.4 Å². The number of benzene rings is 3. The van der Waals surface area contributed by atoms with Crippen LogP contribution in [0.2, 0.25) is 5.02 Å². The molecule has 3 aromatic carbocycles. The van der Waals surface area contributed by atoms with Crippen LogP contribution in [-0.4, -0.2) is 95.4 Å². The predicted octanol–water partition coefficient (Wildman–Crippen LogP) is 6.86. The lowest BCUT2D eigenvalue weighted by atomic mass is 9.95. The van der Waals surface area contributed by atoms with Gasteiger partial charge in [-0.25, -0.2) is 15.4 Å². The predicted molar refractivity (Wildman–Crippen MR) is 189 cm³/mol. The van der Waals surface area contributed by atoms with Gasteiger partial charge in [0.1, 0.15) is 36.0 Å². The Morgan fingerprint density at radius 1 is 1.12 bits per heavy atom. The van der Waals surface area contributed by atoms with Gasteiger partial charge in [-0.1, -0.05) is 42.4 Å². The number of carbonyl (C=O) groups is 1. The van der Waals surface area contributed by atoms with E-state index >= 15 is 0 Å². The van der Waals surface area contributed by atoms with Crippen LogP contribution in [-0.2, 0) is 4.79 Å². The molecule has 50 heavy (non-hydrogen) atoms. The molecule has 3 atom stereocenters. The third-order valence-corrected chi connectivity index (χ3v) is 11.0. The van der Waals surface area contributed by atoms with E-state index in [1.165, 1.54) is 12.1 Å². The van der Waals surface area contributed by atoms with Crippen LogP contribution in [0.3, 0.4) is 0 Å². The maximum atomic E-state index is 14.9. The number of rotatable bonds is 9. The van der Waals surface area contributed by atoms with Crippen LogP contribution in [0.25, 0.3) is 37.6 Å². The molecule has 0 N–H and O–H groups in total. The van der Waals surface area contributed by atoms with Crippen LogP contribution in [0.5, 0.6) is 11.8 Å². The Kier molecular flexibility index (Phi) is 8.48. The largest absolute Gasteiger partial charge is 0.487 e. The van der Waals surface area contributed by atoms with Gasteiger partial charge < -0.3 is 24.1 Å². The van der Waals surface area contributed by atoms with Crippen molar-refractivity contribution in [2.45, 2.75) is 56.0 Å². The van der Waals surface area contributed by atoms with Crippen molar-refractivity contribution < 1.29 is 23.0 Å². The van der Waals surface area contributed by atoms with Crippen LogP contribution in [0.1, 0.15) is 32.1 Å². The van der Waals surface area contributed by atoms with E-state index in [0.29, 0.717) is 71.6 Å². The Morgan fingerprint density at radius 3 is 2.78 bits per heavy atom. The van der Waals surface area contributed by atoms with Gasteiger partial charge in [-0.3, -0.25) is 9.69 Å². The topological polar surface area (TPSA) is 75.4 Å². The summed E-state index contributed by atoms with van der Waals surface area (Å²) in [4.78, 5) is 32.2. The van der Waals surface area contributed by atoms with Crippen molar-refractivity contribution in [1.82, 2.24) is 19.8 Å². The molecule has 258 valence electrons. The van der Waals surface area contributed by atoms with Crippen molar-refractivity contribution in [3.63, 3.8) is 0 Å². The maximum Gasteiger partial charge on any atom is 0.319 e. The monoisotopic (exact) mass is 698 g/mol. The molecule has 4 aliphatic rings. The average Bonchev–Trinajstić information content (AvgIpc) is 3.78. The highest BCUT2D eigenvalue weighted by molar-refractivity contribution is 6.37. The van der Waals surface area contributed by atoms with Gasteiger partial charge in [0, 0.05) is 48.9 Å². The molecule has 0 radical (unpaired) electrons. The fourth-order valence-electron chi connectivity index (χ4n) is 8.02. The maximum absolute atomic E-state index is 14.9. The molecule has 4 heterocycles. The first-order valence-corrected chi connectivity index (χ1v) is 17.6. The number of aromatic nitrogens is 2. The van der Waals surface area contributed by atoms with E-state index in [-0.39, 0.29) is 42.2 Å². The summed E-state index contributed by atoms with van der Waals surface area (Å²) in [6.07, 6.45) is 4.38. The molecule has 1 aromatic heterocycles. The van der Waals surface area contributed by atoms with Gasteiger partial charge in [0.2, 0.25) is 12.5 Å². The van der Waals surface area contributed by atoms with E-state index in [0.717, 1.165) is 37.6 Å². The Hall–Kier alpha value is -4.53. The van der Waals surface area contributed by atoms with Gasteiger partial charge in [0.05, 0.1) is 16.7 Å². The second-order valence-electron chi connectivity index (χ2n) is 13.8. The van der Waals surface area contributed by atoms with Gasteiger partial charge in [0.15, 0.2) is 5.75 Å². The second-order valence-corrected chi connectivity index (χ2v) is 14.2. The molecule has 8 rings (SSSR count). The smallest absolute Gasteiger partial charge is 0.319 e. The van der Waals surface area contributed by atoms with Crippen LogP contribution >= 0.6 is 11.6 Å². The number of ether oxygens (including phenoxy) is 2. The third kappa shape index (κ3) is 5.78. The minimum Gasteiger partial charge on any atom is -0.487 e. The molecule has 0 unspecified atom stereocenters. The SMILES string of the molecule is [C-]#[N+]C[C@H]1CN(c2nc(OC[C@@]34CCCN3C[C@H](F)C4)nc3c(OC4CC4)c(-c4cccc5ccc(F)c(Cl)c45)ccc23)CCN1C(=O)C=C. The molecule has 9 nitrogen and oxygen atoms in total. The van der Waals surface area contributed by atoms with E-state index in [9.17, 15) is 13.6 Å². The zero-order valence-electron chi connectivity index (χ0n) is 27.6. The van der Waals surface area contributed by atoms with E-state index in [1.807, 2.05) is 30.3 Å². The van der Waals surface area contributed by atoms with Crippen LogP contribution in [0.15, 0.2) is 55.1 Å². The lowest BCUT2D eigenvalue weighted by molar-refractivity contribution is -0.128. The number of halogens is 3. The lowest BCUT2D eigenvalue weighted by Gasteiger charge is -2.39. The summed E-state index contributed by atoms with van der Waals surface area (Å²) in [6, 6.07) is 12.4. The van der Waals surface area contributed by atoms with Crippen molar-refractivity contribution in [1.29, 1.82) is 0 Å². The minimum absolute atomic E-state index is 0.00765. The Labute approximate surface area is 294 Å². The number of amides is 1. The number of piperazine rings is 1. The van der Waals surface area contributed by atoms with E-state index in [4.69, 9.17) is 37.6 Å². The van der Waals surface area contributed by atoms with Gasteiger partial charge in [0.25, 0.3) is 0 Å². The first kappa shape index (κ1) is 32.7. The molecular formula is C38H37ClF2N6O3. The van der Waals surface area contributed by atoms with Crippen LogP contribution in [0.4, 0.5) is 14.6 Å². The Bertz CT molecular complexity index is 2050. The van der Waals surface area contributed by atoms with Gasteiger partial charge in [-0.15, -0.1) is 0 Å². The molecule has 1 amide bonds. The molecule has 3 aliphatic heterocycles. The van der Waals surface area contributed by atoms with E-state index < -0.39 is 17.5 Å². The Morgan fingerprint density at radius 2 is 1.98 bits per heavy atom. The number of carbonyl (C=O) groups excluding carboxylic acids is 1. The zero-order chi connectivity index (χ0) is 34.6. The number of alkyl halides is 1. The molecule has 12 heteroatoms. The first-order valence-electron chi connectivity index (χ1n) is 17.2. The number of fused-ring (bicyclic) bond motifs is 3. The molecule has 1 saturated carbocycles. The van der Waals surface area contributed by atoms with Gasteiger partial charge in [-0.2, -0.15) is 9.97 Å². The molecule has 4 fully saturated rings. The summed E-state index contributed by atoms with van der Waals surface area (Å²) in [5, 5.41) is 2.11. The number of nitrogens with zero attached hydrogens (tertiary/aromatic N) is 6. The third-order valence-electron chi connectivity index (χ3n) is 10.6. The normalized spacial score (nSPS) is 23.6. The molecule has 3 saturated heterocycles. The molecular weight excluding hydrogens is 662 g/mol. The summed E-state index contributed by atoms with van der Waals surface area (Å²) < 4.78 is 42.6. The zero-order valence-corrected chi connectivity index (χ0v) is 28.3. The van der Waals surface area contributed by atoms with Crippen LogP contribution in [0, 0.1) is 12.4 Å². The van der Waals surface area contributed by atoms with Crippen molar-refractivity contribution in [2.24, 2.45) is 0 Å². The number of anilines is 1. The lowest BCUT2D eigenvalue weighted by Crippen LogP contribution is -2.56. The van der Waals surface area contributed by atoms with Crippen molar-refractivity contribution >= 4 is 45.0 Å². The number of hydrogen-bond donors (Lipinski definition) is 0. The second kappa shape index (κ2) is 13.0. The van der Waals surface area contributed by atoms with Gasteiger partial charge in [-0.05, 0) is 67.5 Å². The van der Waals surface area contributed by atoms with Crippen LogP contribution < -0.4 is 14.4 Å².